The van der Waals surface area contributed by atoms with Crippen molar-refractivity contribution in [2.24, 2.45) is 5.92 Å². The Bertz CT molecular complexity index is 796. The van der Waals surface area contributed by atoms with Crippen LogP contribution in [0.3, 0.4) is 0 Å². The molecule has 29 heavy (non-hydrogen) atoms. The van der Waals surface area contributed by atoms with Crippen LogP contribution in [0, 0.1) is 5.92 Å². The maximum absolute atomic E-state index is 13.1. The third-order valence-electron chi connectivity index (χ3n) is 5.51. The van der Waals surface area contributed by atoms with Crippen LogP contribution in [0.1, 0.15) is 38.7 Å². The predicted octanol–water partition coefficient (Wildman–Crippen LogP) is 4.44. The van der Waals surface area contributed by atoms with Crippen LogP contribution in [-0.4, -0.2) is 42.2 Å². The number of hydrogen-bond acceptors (Lipinski definition) is 4. The molecule has 1 N–H and O–H groups in total. The minimum atomic E-state index is 0.185. The second-order valence-corrected chi connectivity index (χ2v) is 8.20. The van der Waals surface area contributed by atoms with Crippen molar-refractivity contribution in [3.05, 3.63) is 54.1 Å². The van der Waals surface area contributed by atoms with Crippen LogP contribution < -0.4 is 9.64 Å². The van der Waals surface area contributed by atoms with Crippen molar-refractivity contribution in [2.75, 3.05) is 25.1 Å². The number of carbonyl (C=O) groups is 1. The molecule has 1 saturated heterocycles. The Balaban J connectivity index is 1.70. The van der Waals surface area contributed by atoms with Crippen LogP contribution in [0.2, 0.25) is 0 Å². The topological polar surface area (TPSA) is 53.0 Å². The number of methoxy groups -OCH3 is 1. The minimum Gasteiger partial charge on any atom is -0.508 e. The molecule has 0 bridgehead atoms. The van der Waals surface area contributed by atoms with Crippen molar-refractivity contribution < 1.29 is 14.6 Å². The molecule has 0 aromatic heterocycles. The number of nitrogens with zero attached hydrogens (tertiary/aromatic N) is 2. The van der Waals surface area contributed by atoms with Crippen LogP contribution >= 0.6 is 0 Å². The van der Waals surface area contributed by atoms with Gasteiger partial charge in [0.2, 0.25) is 5.91 Å². The van der Waals surface area contributed by atoms with E-state index in [0.29, 0.717) is 18.1 Å². The summed E-state index contributed by atoms with van der Waals surface area (Å²) in [7, 11) is 1.65. The van der Waals surface area contributed by atoms with Crippen molar-refractivity contribution >= 4 is 11.6 Å². The number of phenolic OH excluding ortho intramolecular Hbond substituents is 1. The third-order valence-corrected chi connectivity index (χ3v) is 5.51. The fourth-order valence-corrected chi connectivity index (χ4v) is 3.97. The van der Waals surface area contributed by atoms with Crippen molar-refractivity contribution in [1.29, 1.82) is 0 Å². The van der Waals surface area contributed by atoms with Crippen molar-refractivity contribution in [2.45, 2.75) is 45.7 Å². The summed E-state index contributed by atoms with van der Waals surface area (Å²) in [5.41, 5.74) is 1.89. The zero-order valence-electron chi connectivity index (χ0n) is 17.7. The number of likely N-dealkylation sites (tertiary alicyclic amines) is 1. The summed E-state index contributed by atoms with van der Waals surface area (Å²) in [6.07, 6.45) is 2.39. The van der Waals surface area contributed by atoms with Gasteiger partial charge in [0.1, 0.15) is 11.5 Å². The van der Waals surface area contributed by atoms with Gasteiger partial charge < -0.3 is 14.7 Å². The number of benzene rings is 2. The van der Waals surface area contributed by atoms with Gasteiger partial charge in [-0.3, -0.25) is 9.69 Å². The number of phenols is 1. The highest BCUT2D eigenvalue weighted by atomic mass is 16.5. The third kappa shape index (κ3) is 5.51. The number of aromatic hydroxyl groups is 1. The van der Waals surface area contributed by atoms with Crippen LogP contribution in [0.25, 0.3) is 0 Å². The lowest BCUT2D eigenvalue weighted by molar-refractivity contribution is -0.120. The Morgan fingerprint density at radius 2 is 1.79 bits per heavy atom. The lowest BCUT2D eigenvalue weighted by Gasteiger charge is -2.39. The molecule has 5 nitrogen and oxygen atoms in total. The van der Waals surface area contributed by atoms with Crippen molar-refractivity contribution in [1.82, 2.24) is 4.90 Å². The van der Waals surface area contributed by atoms with E-state index < -0.39 is 0 Å². The Morgan fingerprint density at radius 3 is 2.38 bits per heavy atom. The number of anilines is 1. The van der Waals surface area contributed by atoms with Gasteiger partial charge in [-0.25, -0.2) is 0 Å². The first kappa shape index (κ1) is 21.2. The van der Waals surface area contributed by atoms with E-state index in [4.69, 9.17) is 4.74 Å². The lowest BCUT2D eigenvalue weighted by Crippen LogP contribution is -2.47. The fourth-order valence-electron chi connectivity index (χ4n) is 3.97. The first-order valence-electron chi connectivity index (χ1n) is 10.4. The van der Waals surface area contributed by atoms with Crippen LogP contribution in [-0.2, 0) is 11.3 Å². The molecule has 5 heteroatoms. The van der Waals surface area contributed by atoms with Gasteiger partial charge in [-0.15, -0.1) is 0 Å². The highest BCUT2D eigenvalue weighted by Gasteiger charge is 2.29. The van der Waals surface area contributed by atoms with E-state index in [1.807, 2.05) is 47.4 Å². The van der Waals surface area contributed by atoms with Gasteiger partial charge in [-0.05, 0) is 49.1 Å². The van der Waals surface area contributed by atoms with Crippen LogP contribution in [0.15, 0.2) is 48.5 Å². The molecule has 156 valence electrons. The molecule has 0 aliphatic carbocycles. The summed E-state index contributed by atoms with van der Waals surface area (Å²) < 4.78 is 5.27. The van der Waals surface area contributed by atoms with E-state index in [-0.39, 0.29) is 11.9 Å². The van der Waals surface area contributed by atoms with E-state index >= 15 is 0 Å². The van der Waals surface area contributed by atoms with Crippen molar-refractivity contribution in [3.8, 4) is 11.5 Å². The first-order chi connectivity index (χ1) is 14.0. The standard InChI is InChI=1S/C24H32N2O3/c1-18(2)16-24(28)26(20-8-10-22(29-3)11-9-20)21-12-14-25(15-13-21)17-19-6-4-5-7-23(19)27/h4-11,18,21,27H,12-17H2,1-3H3. The molecule has 0 saturated carbocycles. The normalized spacial score (nSPS) is 15.4. The van der Waals surface area contributed by atoms with Gasteiger partial charge in [-0.2, -0.15) is 0 Å². The Kier molecular flexibility index (Phi) is 7.15. The van der Waals surface area contributed by atoms with Gasteiger partial charge >= 0.3 is 0 Å². The predicted molar refractivity (Wildman–Crippen MR) is 116 cm³/mol. The van der Waals surface area contributed by atoms with E-state index in [1.54, 1.807) is 13.2 Å². The number of piperidine rings is 1. The molecule has 0 radical (unpaired) electrons. The smallest absolute Gasteiger partial charge is 0.227 e. The van der Waals surface area contributed by atoms with Crippen LogP contribution in [0.4, 0.5) is 5.69 Å². The quantitative estimate of drug-likeness (QED) is 0.752. The fraction of sp³-hybridized carbons (Fsp3) is 0.458. The monoisotopic (exact) mass is 396 g/mol. The minimum absolute atomic E-state index is 0.185. The van der Waals surface area contributed by atoms with E-state index in [9.17, 15) is 9.90 Å². The Hall–Kier alpha value is -2.53. The Morgan fingerprint density at radius 1 is 1.14 bits per heavy atom. The maximum atomic E-state index is 13.1. The molecule has 1 aliphatic heterocycles. The zero-order valence-corrected chi connectivity index (χ0v) is 17.7. The van der Waals surface area contributed by atoms with Gasteiger partial charge in [0, 0.05) is 43.3 Å². The summed E-state index contributed by atoms with van der Waals surface area (Å²) in [4.78, 5) is 17.4. The highest BCUT2D eigenvalue weighted by molar-refractivity contribution is 5.94. The number of ether oxygens (including phenoxy) is 1. The molecule has 0 unspecified atom stereocenters. The second-order valence-electron chi connectivity index (χ2n) is 8.20. The molecule has 2 aromatic rings. The largest absolute Gasteiger partial charge is 0.508 e. The summed E-state index contributed by atoms with van der Waals surface area (Å²) in [5.74, 6) is 1.65. The molecule has 1 fully saturated rings. The summed E-state index contributed by atoms with van der Waals surface area (Å²) in [6, 6.07) is 15.5. The molecule has 3 rings (SSSR count). The molecule has 1 heterocycles. The van der Waals surface area contributed by atoms with E-state index in [1.165, 1.54) is 0 Å². The summed E-state index contributed by atoms with van der Waals surface area (Å²) in [6.45, 7) is 6.71. The number of hydrogen-bond donors (Lipinski definition) is 1. The zero-order chi connectivity index (χ0) is 20.8. The molecule has 1 amide bonds. The molecular weight excluding hydrogens is 364 g/mol. The number of para-hydroxylation sites is 1. The van der Waals surface area contributed by atoms with Gasteiger partial charge in [0.25, 0.3) is 0 Å². The molecule has 0 spiro atoms. The highest BCUT2D eigenvalue weighted by Crippen LogP contribution is 2.28. The Labute approximate surface area is 173 Å². The summed E-state index contributed by atoms with van der Waals surface area (Å²) >= 11 is 0. The molecule has 0 atom stereocenters. The SMILES string of the molecule is COc1ccc(N(C(=O)CC(C)C)C2CCN(Cc3ccccc3O)CC2)cc1. The summed E-state index contributed by atoms with van der Waals surface area (Å²) in [5, 5.41) is 10.0. The number of rotatable bonds is 7. The average Bonchev–Trinajstić information content (AvgIpc) is 2.71. The lowest BCUT2D eigenvalue weighted by atomic mass is 9.99. The maximum Gasteiger partial charge on any atom is 0.227 e. The average molecular weight is 397 g/mol. The number of carbonyl (C=O) groups excluding carboxylic acids is 1. The van der Waals surface area contributed by atoms with Crippen molar-refractivity contribution in [3.63, 3.8) is 0 Å². The molecular formula is C24H32N2O3. The molecule has 2 aromatic carbocycles. The van der Waals surface area contributed by atoms with Crippen LogP contribution in [0.5, 0.6) is 11.5 Å². The molecule has 1 aliphatic rings. The number of amides is 1. The first-order valence-corrected chi connectivity index (χ1v) is 10.4. The second kappa shape index (κ2) is 9.79. The van der Waals surface area contributed by atoms with Gasteiger partial charge in [-0.1, -0.05) is 32.0 Å². The van der Waals surface area contributed by atoms with E-state index in [2.05, 4.69) is 18.7 Å². The van der Waals surface area contributed by atoms with Gasteiger partial charge in [0.05, 0.1) is 7.11 Å². The van der Waals surface area contributed by atoms with E-state index in [0.717, 1.165) is 49.5 Å². The van der Waals surface area contributed by atoms with Gasteiger partial charge in [0.15, 0.2) is 0 Å².